The Balaban J connectivity index is 2.22. The molecule has 1 fully saturated rings. The van der Waals surface area contributed by atoms with Gasteiger partial charge in [0, 0.05) is 12.6 Å². The number of nitrogens with zero attached hydrogens (tertiary/aromatic N) is 1. The summed E-state index contributed by atoms with van der Waals surface area (Å²) < 4.78 is 0. The maximum absolute atomic E-state index is 5.85. The third-order valence-corrected chi connectivity index (χ3v) is 3.57. The molecule has 0 bridgehead atoms. The van der Waals surface area contributed by atoms with E-state index in [9.17, 15) is 0 Å². The zero-order valence-electron chi connectivity index (χ0n) is 10.4. The van der Waals surface area contributed by atoms with Crippen LogP contribution in [0.15, 0.2) is 0 Å². The van der Waals surface area contributed by atoms with E-state index in [1.165, 1.54) is 64.5 Å². The van der Waals surface area contributed by atoms with Crippen LogP contribution < -0.4 is 5.73 Å². The molecular formula is C13H28N2. The highest BCUT2D eigenvalue weighted by molar-refractivity contribution is 4.75. The number of rotatable bonds is 6. The monoisotopic (exact) mass is 212 g/mol. The minimum absolute atomic E-state index is 0.675. The van der Waals surface area contributed by atoms with Crippen molar-refractivity contribution < 1.29 is 0 Å². The van der Waals surface area contributed by atoms with E-state index in [0.717, 1.165) is 6.54 Å². The van der Waals surface area contributed by atoms with Crippen molar-refractivity contribution in [1.29, 1.82) is 0 Å². The van der Waals surface area contributed by atoms with Crippen LogP contribution >= 0.6 is 0 Å². The van der Waals surface area contributed by atoms with Crippen LogP contribution in [-0.4, -0.2) is 30.6 Å². The molecule has 1 heterocycles. The van der Waals surface area contributed by atoms with Gasteiger partial charge in [0.2, 0.25) is 0 Å². The summed E-state index contributed by atoms with van der Waals surface area (Å²) in [7, 11) is 0. The summed E-state index contributed by atoms with van der Waals surface area (Å²) in [5, 5.41) is 0. The molecule has 0 aliphatic carbocycles. The maximum Gasteiger partial charge on any atom is 0.0218 e. The topological polar surface area (TPSA) is 29.3 Å². The lowest BCUT2D eigenvalue weighted by Crippen LogP contribution is -2.40. The van der Waals surface area contributed by atoms with E-state index in [1.807, 2.05) is 0 Å². The fourth-order valence-corrected chi connectivity index (χ4v) is 2.54. The molecule has 0 spiro atoms. The Morgan fingerprint density at radius 3 is 2.73 bits per heavy atom. The number of hydrogen-bond donors (Lipinski definition) is 1. The van der Waals surface area contributed by atoms with Crippen molar-refractivity contribution in [3.8, 4) is 0 Å². The van der Waals surface area contributed by atoms with Crippen molar-refractivity contribution in [1.82, 2.24) is 4.90 Å². The molecule has 0 radical (unpaired) electrons. The first-order chi connectivity index (χ1) is 7.38. The Labute approximate surface area is 95.2 Å². The van der Waals surface area contributed by atoms with E-state index in [0.29, 0.717) is 6.04 Å². The van der Waals surface area contributed by atoms with Gasteiger partial charge < -0.3 is 5.73 Å². The SMILES string of the molecule is CCCCCCN1CCCCCC1CN. The van der Waals surface area contributed by atoms with Crippen LogP contribution in [0.1, 0.15) is 58.3 Å². The molecule has 1 saturated heterocycles. The highest BCUT2D eigenvalue weighted by Crippen LogP contribution is 2.16. The van der Waals surface area contributed by atoms with Gasteiger partial charge in [-0.1, -0.05) is 39.0 Å². The molecule has 1 rings (SSSR count). The normalized spacial score (nSPS) is 24.0. The van der Waals surface area contributed by atoms with Gasteiger partial charge in [0.1, 0.15) is 0 Å². The van der Waals surface area contributed by atoms with Gasteiger partial charge in [0.25, 0.3) is 0 Å². The van der Waals surface area contributed by atoms with Gasteiger partial charge in [-0.3, -0.25) is 4.90 Å². The minimum atomic E-state index is 0.675. The maximum atomic E-state index is 5.85. The molecule has 1 aliphatic heterocycles. The fourth-order valence-electron chi connectivity index (χ4n) is 2.54. The summed E-state index contributed by atoms with van der Waals surface area (Å²) in [6.45, 7) is 5.69. The summed E-state index contributed by atoms with van der Waals surface area (Å²) in [5.41, 5.74) is 5.85. The Morgan fingerprint density at radius 1 is 1.13 bits per heavy atom. The molecule has 1 atom stereocenters. The molecule has 0 aromatic rings. The lowest BCUT2D eigenvalue weighted by Gasteiger charge is -2.28. The summed E-state index contributed by atoms with van der Waals surface area (Å²) in [6.07, 6.45) is 11.0. The molecule has 1 unspecified atom stereocenters. The fraction of sp³-hybridized carbons (Fsp3) is 1.00. The number of likely N-dealkylation sites (tertiary alicyclic amines) is 1. The minimum Gasteiger partial charge on any atom is -0.329 e. The molecular weight excluding hydrogens is 184 g/mol. The molecule has 1 aliphatic rings. The van der Waals surface area contributed by atoms with E-state index >= 15 is 0 Å². The van der Waals surface area contributed by atoms with Gasteiger partial charge in [-0.05, 0) is 32.4 Å². The van der Waals surface area contributed by atoms with Crippen LogP contribution in [0.25, 0.3) is 0 Å². The van der Waals surface area contributed by atoms with E-state index in [2.05, 4.69) is 11.8 Å². The van der Waals surface area contributed by atoms with Crippen molar-refractivity contribution in [2.75, 3.05) is 19.6 Å². The highest BCUT2D eigenvalue weighted by Gasteiger charge is 2.18. The average Bonchev–Trinajstić information content (AvgIpc) is 2.49. The molecule has 0 aromatic heterocycles. The second-order valence-corrected chi connectivity index (χ2v) is 4.84. The van der Waals surface area contributed by atoms with Crippen LogP contribution in [-0.2, 0) is 0 Å². The third kappa shape index (κ3) is 4.98. The first kappa shape index (κ1) is 13.0. The molecule has 90 valence electrons. The largest absolute Gasteiger partial charge is 0.329 e. The second kappa shape index (κ2) is 8.12. The summed E-state index contributed by atoms with van der Waals surface area (Å²) in [5.74, 6) is 0. The van der Waals surface area contributed by atoms with Crippen molar-refractivity contribution in [3.05, 3.63) is 0 Å². The van der Waals surface area contributed by atoms with Crippen LogP contribution in [0.2, 0.25) is 0 Å². The lowest BCUT2D eigenvalue weighted by atomic mass is 10.1. The van der Waals surface area contributed by atoms with Gasteiger partial charge in [-0.2, -0.15) is 0 Å². The number of hydrogen-bond acceptors (Lipinski definition) is 2. The van der Waals surface area contributed by atoms with Gasteiger partial charge >= 0.3 is 0 Å². The predicted octanol–water partition coefficient (Wildman–Crippen LogP) is 2.77. The van der Waals surface area contributed by atoms with E-state index in [-0.39, 0.29) is 0 Å². The molecule has 2 N–H and O–H groups in total. The molecule has 2 nitrogen and oxygen atoms in total. The standard InChI is InChI=1S/C13H28N2/c1-2-3-4-7-10-15-11-8-5-6-9-13(15)12-14/h13H,2-12,14H2,1H3. The van der Waals surface area contributed by atoms with Crippen LogP contribution in [0, 0.1) is 0 Å². The van der Waals surface area contributed by atoms with Gasteiger partial charge in [0.05, 0.1) is 0 Å². The lowest BCUT2D eigenvalue weighted by molar-refractivity contribution is 0.200. The predicted molar refractivity (Wildman–Crippen MR) is 67.0 cm³/mol. The average molecular weight is 212 g/mol. The zero-order valence-corrected chi connectivity index (χ0v) is 10.4. The Morgan fingerprint density at radius 2 is 2.00 bits per heavy atom. The van der Waals surface area contributed by atoms with Gasteiger partial charge in [0.15, 0.2) is 0 Å². The molecule has 2 heteroatoms. The summed E-state index contributed by atoms with van der Waals surface area (Å²) in [6, 6.07) is 0.675. The first-order valence-electron chi connectivity index (χ1n) is 6.82. The van der Waals surface area contributed by atoms with Gasteiger partial charge in [-0.15, -0.1) is 0 Å². The van der Waals surface area contributed by atoms with Crippen LogP contribution in [0.3, 0.4) is 0 Å². The van der Waals surface area contributed by atoms with Crippen LogP contribution in [0.5, 0.6) is 0 Å². The first-order valence-corrected chi connectivity index (χ1v) is 6.82. The molecule has 0 amide bonds. The highest BCUT2D eigenvalue weighted by atomic mass is 15.2. The van der Waals surface area contributed by atoms with E-state index in [1.54, 1.807) is 0 Å². The molecule has 0 saturated carbocycles. The Kier molecular flexibility index (Phi) is 7.03. The van der Waals surface area contributed by atoms with Crippen molar-refractivity contribution in [2.24, 2.45) is 5.73 Å². The number of unbranched alkanes of at least 4 members (excludes halogenated alkanes) is 3. The van der Waals surface area contributed by atoms with Gasteiger partial charge in [-0.25, -0.2) is 0 Å². The summed E-state index contributed by atoms with van der Waals surface area (Å²) >= 11 is 0. The summed E-state index contributed by atoms with van der Waals surface area (Å²) in [4.78, 5) is 2.64. The van der Waals surface area contributed by atoms with Crippen molar-refractivity contribution in [2.45, 2.75) is 64.3 Å². The smallest absolute Gasteiger partial charge is 0.0218 e. The zero-order chi connectivity index (χ0) is 10.9. The molecule has 15 heavy (non-hydrogen) atoms. The van der Waals surface area contributed by atoms with E-state index in [4.69, 9.17) is 5.73 Å². The Bertz CT molecular complexity index is 147. The third-order valence-electron chi connectivity index (χ3n) is 3.57. The van der Waals surface area contributed by atoms with Crippen molar-refractivity contribution >= 4 is 0 Å². The van der Waals surface area contributed by atoms with Crippen LogP contribution in [0.4, 0.5) is 0 Å². The Hall–Kier alpha value is -0.0800. The van der Waals surface area contributed by atoms with Crippen molar-refractivity contribution in [3.63, 3.8) is 0 Å². The molecule has 0 aromatic carbocycles. The second-order valence-electron chi connectivity index (χ2n) is 4.84. The van der Waals surface area contributed by atoms with E-state index < -0.39 is 0 Å². The number of nitrogens with two attached hydrogens (primary N) is 1. The quantitative estimate of drug-likeness (QED) is 0.686.